The molecule has 0 bridgehead atoms. The highest BCUT2D eigenvalue weighted by molar-refractivity contribution is 5.11. The zero-order chi connectivity index (χ0) is 9.52. The molecular weight excluding hydrogens is 162 g/mol. The van der Waals surface area contributed by atoms with Gasteiger partial charge in [-0.25, -0.2) is 4.98 Å². The summed E-state index contributed by atoms with van der Waals surface area (Å²) in [5.41, 5.74) is -0.283. The summed E-state index contributed by atoms with van der Waals surface area (Å²) in [5, 5.41) is 0. The maximum Gasteiger partial charge on any atom is 0.291 e. The quantitative estimate of drug-likeness (QED) is 0.588. The number of imidazole rings is 1. The smallest absolute Gasteiger partial charge is 0.280 e. The molecule has 68 valence electrons. The molecule has 0 amide bonds. The van der Waals surface area contributed by atoms with Crippen molar-refractivity contribution < 1.29 is 8.78 Å². The normalized spacial score (nSPS) is 12.2. The molecule has 0 radical (unpaired) electrons. The standard InChI is InChI=1S/C8H12F2N2/c1-8(2,3)5-6(9)12(4)7(10)11-5/h1-4H3. The van der Waals surface area contributed by atoms with Gasteiger partial charge in [-0.15, -0.1) is 0 Å². The monoisotopic (exact) mass is 174 g/mol. The maximum atomic E-state index is 13.2. The summed E-state index contributed by atoms with van der Waals surface area (Å²) >= 11 is 0. The number of rotatable bonds is 0. The number of hydrogen-bond donors (Lipinski definition) is 0. The van der Waals surface area contributed by atoms with Gasteiger partial charge in [0, 0.05) is 12.5 Å². The van der Waals surface area contributed by atoms with Gasteiger partial charge in [-0.2, -0.15) is 8.78 Å². The van der Waals surface area contributed by atoms with Crippen molar-refractivity contribution >= 4 is 0 Å². The van der Waals surface area contributed by atoms with E-state index in [9.17, 15) is 8.78 Å². The first-order valence-corrected chi connectivity index (χ1v) is 3.72. The van der Waals surface area contributed by atoms with Crippen LogP contribution in [0.5, 0.6) is 0 Å². The molecule has 0 aromatic carbocycles. The molecule has 0 aliphatic rings. The molecule has 1 heterocycles. The first-order valence-electron chi connectivity index (χ1n) is 3.72. The van der Waals surface area contributed by atoms with E-state index in [4.69, 9.17) is 0 Å². The lowest BCUT2D eigenvalue weighted by Gasteiger charge is -2.14. The van der Waals surface area contributed by atoms with Crippen molar-refractivity contribution in [2.75, 3.05) is 0 Å². The van der Waals surface area contributed by atoms with Gasteiger partial charge < -0.3 is 0 Å². The van der Waals surface area contributed by atoms with E-state index in [0.29, 0.717) is 0 Å². The van der Waals surface area contributed by atoms with Gasteiger partial charge in [0.25, 0.3) is 6.08 Å². The average Bonchev–Trinajstić information content (AvgIpc) is 2.15. The van der Waals surface area contributed by atoms with Gasteiger partial charge in [-0.1, -0.05) is 20.8 Å². The van der Waals surface area contributed by atoms with Gasteiger partial charge in [0.15, 0.2) is 0 Å². The molecule has 0 saturated heterocycles. The third-order valence-corrected chi connectivity index (χ3v) is 1.68. The average molecular weight is 174 g/mol. The van der Waals surface area contributed by atoms with Crippen LogP contribution >= 0.6 is 0 Å². The van der Waals surface area contributed by atoms with Crippen LogP contribution in [-0.4, -0.2) is 9.55 Å². The van der Waals surface area contributed by atoms with Crippen molar-refractivity contribution in [3.63, 3.8) is 0 Å². The lowest BCUT2D eigenvalue weighted by atomic mass is 9.93. The SMILES string of the molecule is Cn1c(F)nc(C(C)(C)C)c1F. The Labute approximate surface area is 70.2 Å². The van der Waals surface area contributed by atoms with E-state index in [1.807, 2.05) is 0 Å². The molecule has 0 aliphatic carbocycles. The van der Waals surface area contributed by atoms with E-state index < -0.39 is 17.4 Å². The molecule has 1 aromatic heterocycles. The van der Waals surface area contributed by atoms with Gasteiger partial charge in [0.1, 0.15) is 5.69 Å². The fourth-order valence-corrected chi connectivity index (χ4v) is 0.930. The summed E-state index contributed by atoms with van der Waals surface area (Å²) in [6, 6.07) is 0. The predicted molar refractivity (Wildman–Crippen MR) is 41.8 cm³/mol. The van der Waals surface area contributed by atoms with E-state index in [-0.39, 0.29) is 5.69 Å². The van der Waals surface area contributed by atoms with Gasteiger partial charge in [0.05, 0.1) is 0 Å². The fraction of sp³-hybridized carbons (Fsp3) is 0.625. The van der Waals surface area contributed by atoms with E-state index in [1.165, 1.54) is 7.05 Å². The van der Waals surface area contributed by atoms with Crippen LogP contribution in [0.4, 0.5) is 8.78 Å². The molecule has 0 N–H and O–H groups in total. The van der Waals surface area contributed by atoms with Gasteiger partial charge in [0.2, 0.25) is 5.95 Å². The lowest BCUT2D eigenvalue weighted by Crippen LogP contribution is -2.14. The van der Waals surface area contributed by atoms with Crippen molar-refractivity contribution in [1.29, 1.82) is 0 Å². The minimum atomic E-state index is -0.780. The Hall–Kier alpha value is -0.930. The molecule has 0 spiro atoms. The summed E-state index contributed by atoms with van der Waals surface area (Å²) in [5.74, 6) is -0.597. The van der Waals surface area contributed by atoms with E-state index >= 15 is 0 Å². The highest BCUT2D eigenvalue weighted by Gasteiger charge is 2.25. The lowest BCUT2D eigenvalue weighted by molar-refractivity contribution is 0.439. The van der Waals surface area contributed by atoms with Crippen LogP contribution in [0.15, 0.2) is 0 Å². The Balaban J connectivity index is 3.28. The van der Waals surface area contributed by atoms with Crippen molar-refractivity contribution in [2.45, 2.75) is 26.2 Å². The second kappa shape index (κ2) is 2.54. The molecular formula is C8H12F2N2. The first kappa shape index (κ1) is 9.16. The maximum absolute atomic E-state index is 13.2. The Bertz CT molecular complexity index is 297. The summed E-state index contributed by atoms with van der Waals surface area (Å²) in [7, 11) is 1.31. The topological polar surface area (TPSA) is 17.8 Å². The zero-order valence-corrected chi connectivity index (χ0v) is 7.65. The Kier molecular flexibility index (Phi) is 1.94. The summed E-state index contributed by atoms with van der Waals surface area (Å²) in [6.45, 7) is 5.37. The van der Waals surface area contributed by atoms with Gasteiger partial charge >= 0.3 is 0 Å². The number of halogens is 2. The number of hydrogen-bond acceptors (Lipinski definition) is 1. The van der Waals surface area contributed by atoms with E-state index in [1.54, 1.807) is 20.8 Å². The van der Waals surface area contributed by atoms with Crippen molar-refractivity contribution in [1.82, 2.24) is 9.55 Å². The fourth-order valence-electron chi connectivity index (χ4n) is 0.930. The third kappa shape index (κ3) is 1.33. The second-order valence-corrected chi connectivity index (χ2v) is 3.83. The number of aromatic nitrogens is 2. The minimum Gasteiger partial charge on any atom is -0.280 e. The predicted octanol–water partition coefficient (Wildman–Crippen LogP) is 2.00. The highest BCUT2D eigenvalue weighted by Crippen LogP contribution is 2.23. The molecule has 12 heavy (non-hydrogen) atoms. The summed E-state index contributed by atoms with van der Waals surface area (Å²) < 4.78 is 26.7. The molecule has 0 atom stereocenters. The van der Waals surface area contributed by atoms with Gasteiger partial charge in [-0.3, -0.25) is 4.57 Å². The number of nitrogens with zero attached hydrogens (tertiary/aromatic N) is 2. The van der Waals surface area contributed by atoms with Crippen LogP contribution in [0, 0.1) is 12.0 Å². The van der Waals surface area contributed by atoms with Crippen molar-refractivity contribution in [2.24, 2.45) is 7.05 Å². The Morgan fingerprint density at radius 3 is 1.92 bits per heavy atom. The van der Waals surface area contributed by atoms with Crippen LogP contribution in [0.3, 0.4) is 0 Å². The molecule has 2 nitrogen and oxygen atoms in total. The first-order chi connectivity index (χ1) is 5.34. The second-order valence-electron chi connectivity index (χ2n) is 3.83. The zero-order valence-electron chi connectivity index (χ0n) is 7.65. The van der Waals surface area contributed by atoms with Crippen LogP contribution in [0.1, 0.15) is 26.5 Å². The summed E-state index contributed by atoms with van der Waals surface area (Å²) in [6.07, 6.45) is -0.780. The van der Waals surface area contributed by atoms with Crippen molar-refractivity contribution in [3.05, 3.63) is 17.7 Å². The molecule has 4 heteroatoms. The molecule has 0 fully saturated rings. The van der Waals surface area contributed by atoms with Crippen LogP contribution in [0.25, 0.3) is 0 Å². The Morgan fingerprint density at radius 2 is 1.75 bits per heavy atom. The molecule has 1 rings (SSSR count). The van der Waals surface area contributed by atoms with Crippen LogP contribution < -0.4 is 0 Å². The third-order valence-electron chi connectivity index (χ3n) is 1.68. The molecule has 0 aliphatic heterocycles. The molecule has 1 aromatic rings. The van der Waals surface area contributed by atoms with Crippen LogP contribution in [0.2, 0.25) is 0 Å². The van der Waals surface area contributed by atoms with Crippen molar-refractivity contribution in [3.8, 4) is 0 Å². The van der Waals surface area contributed by atoms with E-state index in [0.717, 1.165) is 4.57 Å². The van der Waals surface area contributed by atoms with Crippen LogP contribution in [-0.2, 0) is 12.5 Å². The molecule has 0 unspecified atom stereocenters. The summed E-state index contributed by atoms with van der Waals surface area (Å²) in [4.78, 5) is 3.50. The van der Waals surface area contributed by atoms with E-state index in [2.05, 4.69) is 4.98 Å². The Morgan fingerprint density at radius 1 is 1.25 bits per heavy atom. The minimum absolute atomic E-state index is 0.169. The molecule has 0 saturated carbocycles. The van der Waals surface area contributed by atoms with Gasteiger partial charge in [-0.05, 0) is 0 Å². The highest BCUT2D eigenvalue weighted by atomic mass is 19.1. The largest absolute Gasteiger partial charge is 0.291 e.